The summed E-state index contributed by atoms with van der Waals surface area (Å²) in [7, 11) is 1.38. The Morgan fingerprint density at radius 2 is 1.71 bits per heavy atom. The molecule has 1 saturated heterocycles. The molecule has 1 aromatic rings. The van der Waals surface area contributed by atoms with E-state index in [0.717, 1.165) is 5.59 Å². The van der Waals surface area contributed by atoms with Gasteiger partial charge in [-0.05, 0) is 27.7 Å². The Hall–Kier alpha value is -0.715. The van der Waals surface area contributed by atoms with Gasteiger partial charge in [0.2, 0.25) is 0 Å². The molecule has 1 aliphatic rings. The Balaban J connectivity index is 0.00000144. The molecule has 1 aliphatic heterocycles. The van der Waals surface area contributed by atoms with E-state index in [1.54, 1.807) is 10.9 Å². The average Bonchev–Trinajstić information content (AvgIpc) is 2.52. The normalized spacial score (nSPS) is 21.4. The lowest BCUT2D eigenvalue weighted by Gasteiger charge is -2.32. The van der Waals surface area contributed by atoms with Crippen molar-refractivity contribution in [1.29, 1.82) is 0 Å². The molecule has 0 amide bonds. The fraction of sp³-hybridized carbons (Fsp3) is 0.700. The van der Waals surface area contributed by atoms with Crippen LogP contribution in [0.1, 0.15) is 27.7 Å². The van der Waals surface area contributed by atoms with Crippen molar-refractivity contribution in [2.24, 2.45) is 7.05 Å². The summed E-state index contributed by atoms with van der Waals surface area (Å²) in [5, 5.41) is 4.09. The molecule has 2 N–H and O–H groups in total. The van der Waals surface area contributed by atoms with E-state index in [0.29, 0.717) is 5.69 Å². The number of anilines is 1. The molecule has 2 rings (SSSR count). The molecule has 5 nitrogen and oxygen atoms in total. The minimum Gasteiger partial charge on any atom is -0.398 e. The second-order valence-electron chi connectivity index (χ2n) is 5.20. The first-order valence-electron chi connectivity index (χ1n) is 5.37. The van der Waals surface area contributed by atoms with Gasteiger partial charge in [0.05, 0.1) is 28.7 Å². The predicted molar refractivity (Wildman–Crippen MR) is 70.6 cm³/mol. The Kier molecular flexibility index (Phi) is 3.54. The molecule has 1 fully saturated rings. The maximum absolute atomic E-state index is 5.91. The molecule has 0 atom stereocenters. The summed E-state index contributed by atoms with van der Waals surface area (Å²) >= 11 is 0. The van der Waals surface area contributed by atoms with Crippen molar-refractivity contribution in [2.75, 3.05) is 5.73 Å². The molecule has 0 bridgehead atoms. The summed E-state index contributed by atoms with van der Waals surface area (Å²) in [4.78, 5) is 0. The number of hydrogen-bond acceptors (Lipinski definition) is 4. The number of nitrogens with zero attached hydrogens (tertiary/aromatic N) is 2. The van der Waals surface area contributed by atoms with Crippen molar-refractivity contribution < 1.29 is 9.31 Å². The van der Waals surface area contributed by atoms with Crippen LogP contribution in [0.4, 0.5) is 5.69 Å². The third-order valence-corrected chi connectivity index (χ3v) is 3.49. The molecule has 0 aliphatic carbocycles. The fourth-order valence-electron chi connectivity index (χ4n) is 1.71. The Labute approximate surface area is 108 Å². The minimum atomic E-state index is -0.447. The van der Waals surface area contributed by atoms with Crippen molar-refractivity contribution in [2.45, 2.75) is 38.9 Å². The van der Waals surface area contributed by atoms with Gasteiger partial charge < -0.3 is 15.0 Å². The lowest BCUT2D eigenvalue weighted by atomic mass is 9.83. The van der Waals surface area contributed by atoms with E-state index in [1.807, 2.05) is 34.7 Å². The van der Waals surface area contributed by atoms with Gasteiger partial charge in [0.1, 0.15) is 0 Å². The molecule has 0 aromatic carbocycles. The molecule has 2 heterocycles. The maximum atomic E-state index is 5.91. The molecule has 7 heteroatoms. The monoisotopic (exact) mass is 259 g/mol. The zero-order valence-corrected chi connectivity index (χ0v) is 11.7. The summed E-state index contributed by atoms with van der Waals surface area (Å²) in [6.07, 6.45) is 1.61. The first kappa shape index (κ1) is 14.3. The summed E-state index contributed by atoms with van der Waals surface area (Å²) < 4.78 is 13.5. The molecular formula is C10H19BClN3O2. The molecule has 0 unspecified atom stereocenters. The molecule has 17 heavy (non-hydrogen) atoms. The van der Waals surface area contributed by atoms with Crippen LogP contribution in [-0.2, 0) is 16.4 Å². The molecule has 0 spiro atoms. The van der Waals surface area contributed by atoms with E-state index < -0.39 is 7.12 Å². The highest BCUT2D eigenvalue weighted by Gasteiger charge is 2.53. The van der Waals surface area contributed by atoms with Gasteiger partial charge in [-0.1, -0.05) is 0 Å². The zero-order valence-electron chi connectivity index (χ0n) is 10.9. The average molecular weight is 260 g/mol. The first-order chi connectivity index (χ1) is 7.24. The van der Waals surface area contributed by atoms with Gasteiger partial charge in [-0.3, -0.25) is 4.68 Å². The zero-order chi connectivity index (χ0) is 12.1. The third kappa shape index (κ3) is 2.17. The highest BCUT2D eigenvalue weighted by Crippen LogP contribution is 2.36. The van der Waals surface area contributed by atoms with Crippen molar-refractivity contribution >= 4 is 30.8 Å². The summed E-state index contributed by atoms with van der Waals surface area (Å²) in [6, 6.07) is 0. The van der Waals surface area contributed by atoms with E-state index in [4.69, 9.17) is 15.0 Å². The van der Waals surface area contributed by atoms with Crippen LogP contribution in [-0.4, -0.2) is 28.1 Å². The summed E-state index contributed by atoms with van der Waals surface area (Å²) in [6.45, 7) is 8.05. The first-order valence-corrected chi connectivity index (χ1v) is 5.37. The summed E-state index contributed by atoms with van der Waals surface area (Å²) in [5.41, 5.74) is 6.52. The van der Waals surface area contributed by atoms with Crippen molar-refractivity contribution in [3.05, 3.63) is 6.20 Å². The van der Waals surface area contributed by atoms with Crippen LogP contribution in [0.25, 0.3) is 0 Å². The van der Waals surface area contributed by atoms with E-state index in [2.05, 4.69) is 5.10 Å². The third-order valence-electron chi connectivity index (χ3n) is 3.49. The lowest BCUT2D eigenvalue weighted by Crippen LogP contribution is -2.41. The smallest absolute Gasteiger partial charge is 0.398 e. The van der Waals surface area contributed by atoms with Crippen molar-refractivity contribution in [3.63, 3.8) is 0 Å². The molecule has 1 aromatic heterocycles. The van der Waals surface area contributed by atoms with E-state index in [9.17, 15) is 0 Å². The summed E-state index contributed by atoms with van der Waals surface area (Å²) in [5.74, 6) is 0. The highest BCUT2D eigenvalue weighted by atomic mass is 35.5. The molecule has 0 radical (unpaired) electrons. The number of hydrogen-bond donors (Lipinski definition) is 1. The van der Waals surface area contributed by atoms with Gasteiger partial charge in [0, 0.05) is 7.05 Å². The van der Waals surface area contributed by atoms with Crippen LogP contribution >= 0.6 is 12.4 Å². The SMILES string of the molecule is Cl.Cn1ncc(N)c1B1OC(C)(C)C(C)(C)O1. The minimum absolute atomic E-state index is 0. The van der Waals surface area contributed by atoms with Crippen LogP contribution in [0.15, 0.2) is 6.20 Å². The quantitative estimate of drug-likeness (QED) is 0.755. The Bertz CT molecular complexity index is 384. The Morgan fingerprint density at radius 3 is 2.06 bits per heavy atom. The van der Waals surface area contributed by atoms with E-state index in [1.165, 1.54) is 0 Å². The molecule has 0 saturated carbocycles. The van der Waals surface area contributed by atoms with Crippen LogP contribution in [0.5, 0.6) is 0 Å². The number of halogens is 1. The van der Waals surface area contributed by atoms with Gasteiger partial charge in [0.15, 0.2) is 0 Å². The van der Waals surface area contributed by atoms with Gasteiger partial charge in [-0.25, -0.2) is 0 Å². The second kappa shape index (κ2) is 4.19. The van der Waals surface area contributed by atoms with Crippen LogP contribution < -0.4 is 11.3 Å². The van der Waals surface area contributed by atoms with Gasteiger partial charge >= 0.3 is 7.12 Å². The predicted octanol–water partition coefficient (Wildman–Crippen LogP) is 0.723. The Morgan fingerprint density at radius 1 is 1.24 bits per heavy atom. The van der Waals surface area contributed by atoms with E-state index >= 15 is 0 Å². The number of nitrogens with two attached hydrogens (primary N) is 1. The number of aryl methyl sites for hydroxylation is 1. The van der Waals surface area contributed by atoms with Crippen molar-refractivity contribution in [1.82, 2.24) is 9.78 Å². The molecular weight excluding hydrogens is 240 g/mol. The standard InChI is InChI=1S/C10H18BN3O2.ClH/c1-9(2)10(3,4)16-11(15-9)8-7(12)6-13-14(8)5;/h6H,12H2,1-5H3;1H. The number of nitrogen functional groups attached to an aromatic ring is 1. The fourth-order valence-corrected chi connectivity index (χ4v) is 1.71. The van der Waals surface area contributed by atoms with Gasteiger partial charge in [0.25, 0.3) is 0 Å². The number of rotatable bonds is 1. The van der Waals surface area contributed by atoms with Crippen LogP contribution in [0.2, 0.25) is 0 Å². The van der Waals surface area contributed by atoms with Gasteiger partial charge in [-0.2, -0.15) is 5.10 Å². The lowest BCUT2D eigenvalue weighted by molar-refractivity contribution is 0.00578. The van der Waals surface area contributed by atoms with E-state index in [-0.39, 0.29) is 23.6 Å². The topological polar surface area (TPSA) is 62.3 Å². The largest absolute Gasteiger partial charge is 0.516 e. The van der Waals surface area contributed by atoms with Crippen LogP contribution in [0.3, 0.4) is 0 Å². The van der Waals surface area contributed by atoms with Gasteiger partial charge in [-0.15, -0.1) is 12.4 Å². The van der Waals surface area contributed by atoms with Crippen molar-refractivity contribution in [3.8, 4) is 0 Å². The maximum Gasteiger partial charge on any atom is 0.516 e. The second-order valence-corrected chi connectivity index (χ2v) is 5.20. The highest BCUT2D eigenvalue weighted by molar-refractivity contribution is 6.63. The molecule has 96 valence electrons. The number of aromatic nitrogens is 2. The van der Waals surface area contributed by atoms with Crippen LogP contribution in [0, 0.1) is 0 Å².